The Balaban J connectivity index is 2.56. The van der Waals surface area contributed by atoms with Crippen LogP contribution in [-0.2, 0) is 6.42 Å². The molecule has 0 aliphatic rings. The van der Waals surface area contributed by atoms with Crippen molar-refractivity contribution >= 4 is 6.03 Å². The van der Waals surface area contributed by atoms with Gasteiger partial charge in [-0.05, 0) is 43.9 Å². The number of aliphatic hydroxyl groups excluding tert-OH is 1. The third kappa shape index (κ3) is 5.23. The van der Waals surface area contributed by atoms with Crippen molar-refractivity contribution in [2.75, 3.05) is 26.2 Å². The summed E-state index contributed by atoms with van der Waals surface area (Å²) in [6.45, 7) is 11.2. The molecule has 0 atom stereocenters. The van der Waals surface area contributed by atoms with Gasteiger partial charge in [0, 0.05) is 19.6 Å². The van der Waals surface area contributed by atoms with E-state index in [1.54, 1.807) is 11.0 Å². The molecule has 0 unspecified atom stereocenters. The molecule has 0 aliphatic heterocycles. The van der Waals surface area contributed by atoms with Crippen molar-refractivity contribution in [3.8, 4) is 0 Å². The van der Waals surface area contributed by atoms with Gasteiger partial charge in [0.25, 0.3) is 0 Å². The summed E-state index contributed by atoms with van der Waals surface area (Å²) in [5, 5.41) is 11.9. The molecule has 4 heteroatoms. The van der Waals surface area contributed by atoms with Crippen LogP contribution in [0.15, 0.2) is 24.8 Å². The number of carbonyl (C=O) groups is 1. The predicted molar refractivity (Wildman–Crippen MR) is 86.6 cm³/mol. The van der Waals surface area contributed by atoms with E-state index < -0.39 is 0 Å². The zero-order valence-electron chi connectivity index (χ0n) is 13.3. The van der Waals surface area contributed by atoms with Crippen LogP contribution in [0, 0.1) is 20.8 Å². The number of aliphatic hydroxyl groups is 1. The molecular weight excluding hydrogens is 264 g/mol. The van der Waals surface area contributed by atoms with Crippen LogP contribution in [0.3, 0.4) is 0 Å². The first kappa shape index (κ1) is 17.2. The number of hydrogen-bond acceptors (Lipinski definition) is 2. The highest BCUT2D eigenvalue weighted by molar-refractivity contribution is 5.74. The Bertz CT molecular complexity index is 475. The van der Waals surface area contributed by atoms with Crippen molar-refractivity contribution < 1.29 is 9.90 Å². The maximum Gasteiger partial charge on any atom is 0.317 e. The molecule has 0 bridgehead atoms. The average Bonchev–Trinajstić information content (AvgIpc) is 2.41. The van der Waals surface area contributed by atoms with Crippen LogP contribution >= 0.6 is 0 Å². The molecule has 0 aromatic heterocycles. The second-order valence-electron chi connectivity index (χ2n) is 5.32. The molecule has 0 heterocycles. The normalized spacial score (nSPS) is 10.3. The van der Waals surface area contributed by atoms with Crippen molar-refractivity contribution in [3.63, 3.8) is 0 Å². The van der Waals surface area contributed by atoms with E-state index in [9.17, 15) is 4.79 Å². The highest BCUT2D eigenvalue weighted by atomic mass is 16.3. The Kier molecular flexibility index (Phi) is 6.96. The molecule has 1 aromatic carbocycles. The van der Waals surface area contributed by atoms with E-state index in [1.807, 2.05) is 0 Å². The molecule has 1 rings (SSSR count). The number of benzene rings is 1. The Hall–Kier alpha value is -1.81. The van der Waals surface area contributed by atoms with E-state index in [0.717, 1.165) is 6.42 Å². The van der Waals surface area contributed by atoms with Gasteiger partial charge in [-0.1, -0.05) is 23.8 Å². The second-order valence-corrected chi connectivity index (χ2v) is 5.32. The molecular formula is C17H26N2O2. The minimum atomic E-state index is -0.161. The summed E-state index contributed by atoms with van der Waals surface area (Å²) in [7, 11) is 0. The van der Waals surface area contributed by atoms with Crippen molar-refractivity contribution in [3.05, 3.63) is 47.0 Å². The molecule has 2 N–H and O–H groups in total. The number of amides is 2. The van der Waals surface area contributed by atoms with Crippen LogP contribution in [-0.4, -0.2) is 42.3 Å². The lowest BCUT2D eigenvalue weighted by atomic mass is 9.97. The molecule has 4 nitrogen and oxygen atoms in total. The van der Waals surface area contributed by atoms with Crippen LogP contribution in [0.2, 0.25) is 0 Å². The molecule has 0 aliphatic carbocycles. The topological polar surface area (TPSA) is 52.6 Å². The summed E-state index contributed by atoms with van der Waals surface area (Å²) >= 11 is 0. The van der Waals surface area contributed by atoms with Crippen LogP contribution in [0.4, 0.5) is 4.79 Å². The Labute approximate surface area is 127 Å². The third-order valence-electron chi connectivity index (χ3n) is 3.50. The van der Waals surface area contributed by atoms with Gasteiger partial charge in [-0.2, -0.15) is 0 Å². The van der Waals surface area contributed by atoms with E-state index in [4.69, 9.17) is 5.11 Å². The van der Waals surface area contributed by atoms with Crippen molar-refractivity contribution in [2.24, 2.45) is 0 Å². The van der Waals surface area contributed by atoms with Crippen LogP contribution in [0.1, 0.15) is 22.3 Å². The smallest absolute Gasteiger partial charge is 0.317 e. The third-order valence-corrected chi connectivity index (χ3v) is 3.50. The Morgan fingerprint density at radius 1 is 1.33 bits per heavy atom. The van der Waals surface area contributed by atoms with Gasteiger partial charge in [0.15, 0.2) is 0 Å². The first-order valence-electron chi connectivity index (χ1n) is 7.30. The summed E-state index contributed by atoms with van der Waals surface area (Å²) in [4.78, 5) is 13.5. The highest BCUT2D eigenvalue weighted by Gasteiger charge is 2.11. The van der Waals surface area contributed by atoms with Gasteiger partial charge in [-0.25, -0.2) is 4.79 Å². The number of nitrogens with zero attached hydrogens (tertiary/aromatic N) is 1. The first-order chi connectivity index (χ1) is 9.99. The fourth-order valence-electron chi connectivity index (χ4n) is 2.56. The summed E-state index contributed by atoms with van der Waals surface area (Å²) < 4.78 is 0. The molecule has 0 radical (unpaired) electrons. The van der Waals surface area contributed by atoms with Crippen LogP contribution in [0.25, 0.3) is 0 Å². The van der Waals surface area contributed by atoms with E-state index in [0.29, 0.717) is 19.6 Å². The number of hydrogen-bond donors (Lipinski definition) is 2. The van der Waals surface area contributed by atoms with Gasteiger partial charge in [0.1, 0.15) is 0 Å². The minimum Gasteiger partial charge on any atom is -0.395 e. The predicted octanol–water partition coefficient (Wildman–Crippen LogP) is 2.34. The fraction of sp³-hybridized carbons (Fsp3) is 0.471. The van der Waals surface area contributed by atoms with Gasteiger partial charge in [-0.3, -0.25) is 0 Å². The first-order valence-corrected chi connectivity index (χ1v) is 7.30. The summed E-state index contributed by atoms with van der Waals surface area (Å²) in [5.41, 5.74) is 5.08. The molecule has 0 fully saturated rings. The summed E-state index contributed by atoms with van der Waals surface area (Å²) in [6.07, 6.45) is 2.47. The minimum absolute atomic E-state index is 0.0442. The molecule has 0 spiro atoms. The molecule has 116 valence electrons. The second kappa shape index (κ2) is 8.47. The lowest BCUT2D eigenvalue weighted by Crippen LogP contribution is -2.42. The number of carbonyl (C=O) groups excluding carboxylic acids is 1. The number of rotatable bonds is 7. The van der Waals surface area contributed by atoms with E-state index in [2.05, 4.69) is 44.8 Å². The zero-order valence-corrected chi connectivity index (χ0v) is 13.3. The number of aryl methyl sites for hydroxylation is 3. The quantitative estimate of drug-likeness (QED) is 0.757. The largest absolute Gasteiger partial charge is 0.395 e. The van der Waals surface area contributed by atoms with Gasteiger partial charge in [0.05, 0.1) is 6.61 Å². The molecule has 1 aromatic rings. The van der Waals surface area contributed by atoms with Gasteiger partial charge >= 0.3 is 6.03 Å². The molecule has 2 amide bonds. The molecule has 21 heavy (non-hydrogen) atoms. The highest BCUT2D eigenvalue weighted by Crippen LogP contribution is 2.16. The SMILES string of the molecule is C=CCN(CCO)C(=O)NCCc1c(C)cc(C)cc1C. The Morgan fingerprint density at radius 2 is 1.95 bits per heavy atom. The maximum absolute atomic E-state index is 12.0. The maximum atomic E-state index is 12.0. The summed E-state index contributed by atoms with van der Waals surface area (Å²) in [5.74, 6) is 0. The monoisotopic (exact) mass is 290 g/mol. The van der Waals surface area contributed by atoms with Crippen LogP contribution in [0.5, 0.6) is 0 Å². The Morgan fingerprint density at radius 3 is 2.48 bits per heavy atom. The van der Waals surface area contributed by atoms with Crippen molar-refractivity contribution in [1.29, 1.82) is 0 Å². The van der Waals surface area contributed by atoms with Gasteiger partial charge < -0.3 is 15.3 Å². The molecule has 0 saturated heterocycles. The average molecular weight is 290 g/mol. The standard InChI is InChI=1S/C17H26N2O2/c1-5-8-19(9-10-20)17(21)18-7-6-16-14(3)11-13(2)12-15(16)4/h5,11-12,20H,1,6-10H2,2-4H3,(H,18,21). The summed E-state index contributed by atoms with van der Waals surface area (Å²) in [6, 6.07) is 4.17. The van der Waals surface area contributed by atoms with Crippen molar-refractivity contribution in [1.82, 2.24) is 10.2 Å². The van der Waals surface area contributed by atoms with Gasteiger partial charge in [-0.15, -0.1) is 6.58 Å². The lowest BCUT2D eigenvalue weighted by Gasteiger charge is -2.21. The zero-order chi connectivity index (χ0) is 15.8. The number of nitrogens with one attached hydrogen (secondary N) is 1. The number of urea groups is 1. The van der Waals surface area contributed by atoms with E-state index >= 15 is 0 Å². The molecule has 0 saturated carbocycles. The fourth-order valence-corrected chi connectivity index (χ4v) is 2.56. The lowest BCUT2D eigenvalue weighted by molar-refractivity contribution is 0.184. The van der Waals surface area contributed by atoms with Crippen molar-refractivity contribution in [2.45, 2.75) is 27.2 Å². The van der Waals surface area contributed by atoms with E-state index in [-0.39, 0.29) is 12.6 Å². The van der Waals surface area contributed by atoms with Gasteiger partial charge in [0.2, 0.25) is 0 Å². The van der Waals surface area contributed by atoms with Crippen LogP contribution < -0.4 is 5.32 Å². The van der Waals surface area contributed by atoms with E-state index in [1.165, 1.54) is 22.3 Å².